The van der Waals surface area contributed by atoms with Crippen LogP contribution >= 0.6 is 82.3 Å². The molecule has 10 N–H and O–H groups in total. The molecule has 4 aromatic heterocycles. The van der Waals surface area contributed by atoms with Crippen LogP contribution in [0.4, 0.5) is 0 Å². The van der Waals surface area contributed by atoms with Gasteiger partial charge in [-0.15, -0.1) is 34.0 Å². The Morgan fingerprint density at radius 3 is 1.75 bits per heavy atom. The molecular formula is C22H31ClKN7O3S6. The van der Waals surface area contributed by atoms with Crippen LogP contribution in [0.15, 0.2) is 52.5 Å². The molecule has 4 heterocycles. The zero-order chi connectivity index (χ0) is 26.9. The fourth-order valence-electron chi connectivity index (χ4n) is 1.85. The quantitative estimate of drug-likeness (QED) is 0.0983. The topological polar surface area (TPSA) is 199 Å². The van der Waals surface area contributed by atoms with Crippen LogP contribution in [-0.4, -0.2) is 54.9 Å². The molecule has 0 fully saturated rings. The van der Waals surface area contributed by atoms with Crippen molar-refractivity contribution in [3.05, 3.63) is 67.1 Å². The van der Waals surface area contributed by atoms with Crippen LogP contribution in [0.1, 0.15) is 34.2 Å². The van der Waals surface area contributed by atoms with Crippen molar-refractivity contribution < 1.29 is 66.4 Å². The number of rotatable bonds is 6. The SMILES string of the molecule is C.C.NC(=S)CNC(=O)c1cccs1.NCC(N)=S.O=C(Cl)c1cccs1.S=c1nc(-c2cccs2)[nH][nH]1.[K+].[OH-]. The first-order valence-corrected chi connectivity index (χ1v) is 13.9. The number of amides is 1. The van der Waals surface area contributed by atoms with Crippen molar-refractivity contribution in [3.8, 4) is 10.7 Å². The van der Waals surface area contributed by atoms with Crippen LogP contribution < -0.4 is 73.9 Å². The van der Waals surface area contributed by atoms with Gasteiger partial charge in [-0.25, -0.2) is 0 Å². The van der Waals surface area contributed by atoms with Crippen LogP contribution in [0.25, 0.3) is 10.7 Å². The second kappa shape index (κ2) is 27.1. The van der Waals surface area contributed by atoms with Crippen molar-refractivity contribution in [3.63, 3.8) is 0 Å². The number of aromatic amines is 2. The summed E-state index contributed by atoms with van der Waals surface area (Å²) in [5, 5.41) is 13.5. The Morgan fingerprint density at radius 1 is 0.925 bits per heavy atom. The van der Waals surface area contributed by atoms with E-state index < -0.39 is 0 Å². The van der Waals surface area contributed by atoms with E-state index in [1.165, 1.54) is 22.7 Å². The van der Waals surface area contributed by atoms with Gasteiger partial charge in [0.15, 0.2) is 5.82 Å². The van der Waals surface area contributed by atoms with Gasteiger partial charge in [0, 0.05) is 6.54 Å². The third-order valence-electron chi connectivity index (χ3n) is 3.34. The number of nitrogens with one attached hydrogen (secondary N) is 3. The van der Waals surface area contributed by atoms with E-state index in [2.05, 4.69) is 44.9 Å². The van der Waals surface area contributed by atoms with Gasteiger partial charge >= 0.3 is 51.4 Å². The average molecular weight is 708 g/mol. The molecule has 216 valence electrons. The fourth-order valence-corrected chi connectivity index (χ4v) is 4.13. The molecule has 1 amide bonds. The molecule has 0 aliphatic carbocycles. The number of thiophene rings is 3. The smallest absolute Gasteiger partial charge is 0.870 e. The molecule has 0 spiro atoms. The zero-order valence-electron chi connectivity index (χ0n) is 19.9. The van der Waals surface area contributed by atoms with Gasteiger partial charge in [-0.2, -0.15) is 4.98 Å². The van der Waals surface area contributed by atoms with Crippen LogP contribution in [0.3, 0.4) is 0 Å². The second-order valence-electron chi connectivity index (χ2n) is 6.04. The summed E-state index contributed by atoms with van der Waals surface area (Å²) >= 11 is 23.3. The van der Waals surface area contributed by atoms with E-state index in [0.717, 1.165) is 10.7 Å². The molecule has 0 saturated carbocycles. The Morgan fingerprint density at radius 2 is 1.43 bits per heavy atom. The molecule has 10 nitrogen and oxygen atoms in total. The number of hydrogen-bond donors (Lipinski definition) is 6. The molecular weight excluding hydrogens is 677 g/mol. The number of carbonyl (C=O) groups is 2. The predicted molar refractivity (Wildman–Crippen MR) is 176 cm³/mol. The van der Waals surface area contributed by atoms with Crippen molar-refractivity contribution in [1.82, 2.24) is 20.5 Å². The molecule has 0 radical (unpaired) electrons. The maximum atomic E-state index is 11.2. The van der Waals surface area contributed by atoms with Gasteiger partial charge in [0.05, 0.1) is 31.2 Å². The van der Waals surface area contributed by atoms with Gasteiger partial charge in [0.1, 0.15) is 0 Å². The summed E-state index contributed by atoms with van der Waals surface area (Å²) < 4.78 is 0.494. The summed E-state index contributed by atoms with van der Waals surface area (Å²) in [6, 6.07) is 11.0. The fraction of sp³-hybridized carbons (Fsp3) is 0.182. The third kappa shape index (κ3) is 21.0. The molecule has 4 aromatic rings. The van der Waals surface area contributed by atoms with E-state index in [4.69, 9.17) is 41.0 Å². The molecule has 0 aliphatic rings. The van der Waals surface area contributed by atoms with Crippen molar-refractivity contribution in [2.75, 3.05) is 13.1 Å². The first-order chi connectivity index (χ1) is 17.1. The standard InChI is InChI=1S/C7H8N2OS2.C6H5N3S2.C5H3ClOS.C2H6N2S.2CH4.K.H2O/c8-6(11)4-9-7(10)5-2-1-3-12-5;10-6-7-5(8-9-6)4-2-1-3-11-4;6-5(7)4-2-1-3-8-4;3-1-2(4)5;;;;/h1-3H,4H2,(H2,8,11)(H,9,10);1-3H,(H2,7,8,9,10);1-3H;1,3H2,(H2,4,5);2*1H4;;1H2/q;;;;;;+1;/p-1. The Labute approximate surface area is 309 Å². The average Bonchev–Trinajstić information content (AvgIpc) is 3.65. The molecule has 0 aliphatic heterocycles. The van der Waals surface area contributed by atoms with Gasteiger partial charge < -0.3 is 28.0 Å². The predicted octanol–water partition coefficient (Wildman–Crippen LogP) is 2.42. The minimum absolute atomic E-state index is 0. The van der Waals surface area contributed by atoms with Crippen molar-refractivity contribution >= 4 is 103 Å². The van der Waals surface area contributed by atoms with Crippen molar-refractivity contribution in [1.29, 1.82) is 0 Å². The number of nitrogens with zero attached hydrogens (tertiary/aromatic N) is 1. The van der Waals surface area contributed by atoms with Crippen molar-refractivity contribution in [2.45, 2.75) is 14.9 Å². The van der Waals surface area contributed by atoms with Crippen molar-refractivity contribution in [2.24, 2.45) is 17.2 Å². The maximum absolute atomic E-state index is 11.2. The van der Waals surface area contributed by atoms with Gasteiger partial charge in [-0.05, 0) is 58.2 Å². The van der Waals surface area contributed by atoms with Gasteiger partial charge in [-0.1, -0.05) is 57.5 Å². The first-order valence-electron chi connectivity index (χ1n) is 9.64. The Hall–Kier alpha value is -0.774. The summed E-state index contributed by atoms with van der Waals surface area (Å²) in [4.78, 5) is 28.6. The van der Waals surface area contributed by atoms with Crippen LogP contribution in [-0.2, 0) is 0 Å². The normalized spacial score (nSPS) is 8.35. The minimum atomic E-state index is -0.375. The van der Waals surface area contributed by atoms with E-state index in [-0.39, 0.29) is 89.4 Å². The summed E-state index contributed by atoms with van der Waals surface area (Å²) in [5.41, 5.74) is 15.0. The monoisotopic (exact) mass is 707 g/mol. The van der Waals surface area contributed by atoms with Gasteiger partial charge in [-0.3, -0.25) is 19.8 Å². The molecule has 40 heavy (non-hydrogen) atoms. The van der Waals surface area contributed by atoms with Crippen LogP contribution in [0.5, 0.6) is 0 Å². The second-order valence-corrected chi connectivity index (χ2v) is 10.7. The largest absolute Gasteiger partial charge is 1.00 e. The Bertz CT molecular complexity index is 1260. The molecule has 0 saturated heterocycles. The van der Waals surface area contributed by atoms with E-state index in [0.29, 0.717) is 31.0 Å². The van der Waals surface area contributed by atoms with E-state index >= 15 is 0 Å². The number of halogens is 1. The number of thiocarbonyl (C=S) groups is 2. The van der Waals surface area contributed by atoms with E-state index in [1.54, 1.807) is 29.5 Å². The summed E-state index contributed by atoms with van der Waals surface area (Å²) in [6.45, 7) is 0.571. The third-order valence-corrected chi connectivity index (χ3v) is 6.77. The summed E-state index contributed by atoms with van der Waals surface area (Å²) in [7, 11) is 0. The van der Waals surface area contributed by atoms with E-state index in [9.17, 15) is 9.59 Å². The molecule has 0 unspecified atom stereocenters. The maximum Gasteiger partial charge on any atom is 1.00 e. The van der Waals surface area contributed by atoms with E-state index in [1.807, 2.05) is 34.3 Å². The number of H-pyrrole nitrogens is 2. The minimum Gasteiger partial charge on any atom is -0.870 e. The molecule has 4 rings (SSSR count). The number of carbonyl (C=O) groups excluding carboxylic acids is 2. The summed E-state index contributed by atoms with van der Waals surface area (Å²) in [5.74, 6) is 0.683. The first kappa shape index (κ1) is 46.2. The Kier molecular flexibility index (Phi) is 31.3. The van der Waals surface area contributed by atoms with Crippen LogP contribution in [0, 0.1) is 4.77 Å². The van der Waals surface area contributed by atoms with Crippen LogP contribution in [0.2, 0.25) is 0 Å². The number of hydrogen-bond acceptors (Lipinski definition) is 11. The number of aromatic nitrogens is 3. The zero-order valence-corrected chi connectivity index (χ0v) is 28.7. The summed E-state index contributed by atoms with van der Waals surface area (Å²) in [6.07, 6.45) is 0. The molecule has 18 heteroatoms. The Balaban J connectivity index is -0.000000217. The van der Waals surface area contributed by atoms with Gasteiger partial charge in [0.25, 0.3) is 11.1 Å². The molecule has 0 atom stereocenters. The number of nitrogens with two attached hydrogens (primary N) is 3. The molecule has 0 aromatic carbocycles. The van der Waals surface area contributed by atoms with Gasteiger partial charge in [0.2, 0.25) is 4.77 Å². The molecule has 0 bridgehead atoms.